The van der Waals surface area contributed by atoms with E-state index in [9.17, 15) is 0 Å². The fourth-order valence-corrected chi connectivity index (χ4v) is 2.88. The monoisotopic (exact) mass is 267 g/mol. The highest BCUT2D eigenvalue weighted by Gasteiger charge is 2.10. The van der Waals surface area contributed by atoms with Crippen molar-refractivity contribution in [2.75, 3.05) is 20.2 Å². The van der Waals surface area contributed by atoms with Gasteiger partial charge in [-0.1, -0.05) is 30.3 Å². The molecule has 0 radical (unpaired) electrons. The zero-order chi connectivity index (χ0) is 13.8. The van der Waals surface area contributed by atoms with Gasteiger partial charge in [-0.15, -0.1) is 0 Å². The molecule has 104 valence electrons. The molecular weight excluding hydrogens is 246 g/mol. The Morgan fingerprint density at radius 3 is 2.35 bits per heavy atom. The largest absolute Gasteiger partial charge is 0.497 e. The third-order valence-corrected chi connectivity index (χ3v) is 4.05. The van der Waals surface area contributed by atoms with Gasteiger partial charge in [-0.05, 0) is 66.7 Å². The van der Waals surface area contributed by atoms with Crippen molar-refractivity contribution in [3.8, 4) is 5.75 Å². The van der Waals surface area contributed by atoms with E-state index in [2.05, 4.69) is 47.8 Å². The highest BCUT2D eigenvalue weighted by molar-refractivity contribution is 5.41. The minimum absolute atomic E-state index is 0.953. The lowest BCUT2D eigenvalue weighted by molar-refractivity contribution is 0.414. The van der Waals surface area contributed by atoms with Crippen LogP contribution in [-0.4, -0.2) is 20.2 Å². The maximum atomic E-state index is 5.36. The van der Waals surface area contributed by atoms with Crippen molar-refractivity contribution < 1.29 is 4.74 Å². The Morgan fingerprint density at radius 1 is 0.850 bits per heavy atom. The maximum Gasteiger partial charge on any atom is 0.119 e. The molecule has 1 heterocycles. The average molecular weight is 267 g/mol. The van der Waals surface area contributed by atoms with Gasteiger partial charge in [-0.3, -0.25) is 0 Å². The van der Waals surface area contributed by atoms with Crippen LogP contribution in [0.2, 0.25) is 0 Å². The lowest BCUT2D eigenvalue weighted by Gasteiger charge is -2.17. The van der Waals surface area contributed by atoms with Gasteiger partial charge in [0, 0.05) is 0 Å². The van der Waals surface area contributed by atoms with Gasteiger partial charge in [0.2, 0.25) is 0 Å². The molecule has 0 aromatic heterocycles. The Bertz CT molecular complexity index is 592. The second kappa shape index (κ2) is 6.10. The van der Waals surface area contributed by atoms with Gasteiger partial charge < -0.3 is 10.1 Å². The highest BCUT2D eigenvalue weighted by Crippen LogP contribution is 2.23. The van der Waals surface area contributed by atoms with E-state index in [0.717, 1.165) is 38.1 Å². The Balaban J connectivity index is 1.99. The molecule has 0 spiro atoms. The lowest BCUT2D eigenvalue weighted by atomic mass is 9.93. The first-order valence-corrected chi connectivity index (χ1v) is 7.30. The smallest absolute Gasteiger partial charge is 0.119 e. The van der Waals surface area contributed by atoms with Crippen LogP contribution < -0.4 is 10.1 Å². The molecule has 2 aromatic carbocycles. The van der Waals surface area contributed by atoms with E-state index in [4.69, 9.17) is 4.74 Å². The number of fused-ring (bicyclic) bond motifs is 2. The molecule has 0 saturated heterocycles. The number of rotatable bonds is 1. The molecule has 0 unspecified atom stereocenters. The van der Waals surface area contributed by atoms with E-state index in [-0.39, 0.29) is 0 Å². The molecule has 0 bridgehead atoms. The summed E-state index contributed by atoms with van der Waals surface area (Å²) in [6.07, 6.45) is 3.20. The predicted molar refractivity (Wildman–Crippen MR) is 82.5 cm³/mol. The van der Waals surface area contributed by atoms with Crippen molar-refractivity contribution in [1.82, 2.24) is 5.32 Å². The molecule has 2 aromatic rings. The summed E-state index contributed by atoms with van der Waals surface area (Å²) < 4.78 is 5.36. The highest BCUT2D eigenvalue weighted by atomic mass is 16.5. The summed E-state index contributed by atoms with van der Waals surface area (Å²) in [5.74, 6) is 0.953. The standard InChI is InChI=1S/C18H21NO/c1-20-18-7-6-16-12-15-5-3-2-4-14(15)8-10-19-11-9-17(16)13-18/h2-7,13,19H,8-12H2,1H3. The third-order valence-electron chi connectivity index (χ3n) is 4.05. The van der Waals surface area contributed by atoms with Gasteiger partial charge in [0.1, 0.15) is 5.75 Å². The molecule has 0 fully saturated rings. The maximum absolute atomic E-state index is 5.36. The molecular formula is C18H21NO. The molecule has 20 heavy (non-hydrogen) atoms. The minimum Gasteiger partial charge on any atom is -0.497 e. The summed E-state index contributed by atoms with van der Waals surface area (Å²) in [6, 6.07) is 15.3. The Kier molecular flexibility index (Phi) is 4.03. The van der Waals surface area contributed by atoms with E-state index in [0.29, 0.717) is 0 Å². The number of hydrogen-bond donors (Lipinski definition) is 1. The van der Waals surface area contributed by atoms with Crippen molar-refractivity contribution >= 4 is 0 Å². The molecule has 0 aliphatic carbocycles. The molecule has 1 aliphatic rings. The SMILES string of the molecule is COc1ccc2c(c1)CCNCCc1ccccc1C2. The second-order valence-electron chi connectivity index (χ2n) is 5.33. The van der Waals surface area contributed by atoms with Crippen LogP contribution in [0.25, 0.3) is 0 Å². The van der Waals surface area contributed by atoms with Crippen molar-refractivity contribution in [2.24, 2.45) is 0 Å². The number of hydrogen-bond acceptors (Lipinski definition) is 2. The second-order valence-corrected chi connectivity index (χ2v) is 5.33. The zero-order valence-corrected chi connectivity index (χ0v) is 12.0. The summed E-state index contributed by atoms with van der Waals surface area (Å²) in [7, 11) is 1.73. The topological polar surface area (TPSA) is 21.3 Å². The van der Waals surface area contributed by atoms with E-state index >= 15 is 0 Å². The zero-order valence-electron chi connectivity index (χ0n) is 12.0. The Morgan fingerprint density at radius 2 is 1.55 bits per heavy atom. The number of methoxy groups -OCH3 is 1. The predicted octanol–water partition coefficient (Wildman–Crippen LogP) is 2.97. The quantitative estimate of drug-likeness (QED) is 0.857. The van der Waals surface area contributed by atoms with Crippen LogP contribution in [0, 0.1) is 0 Å². The van der Waals surface area contributed by atoms with Crippen LogP contribution >= 0.6 is 0 Å². The van der Waals surface area contributed by atoms with Gasteiger partial charge >= 0.3 is 0 Å². The first-order valence-electron chi connectivity index (χ1n) is 7.30. The molecule has 0 saturated carbocycles. The molecule has 2 heteroatoms. The van der Waals surface area contributed by atoms with Crippen molar-refractivity contribution in [3.63, 3.8) is 0 Å². The Hall–Kier alpha value is -1.80. The van der Waals surface area contributed by atoms with Crippen LogP contribution in [0.4, 0.5) is 0 Å². The molecule has 2 nitrogen and oxygen atoms in total. The summed E-state index contributed by atoms with van der Waals surface area (Å²) in [5, 5.41) is 3.53. The average Bonchev–Trinajstić information content (AvgIpc) is 2.50. The van der Waals surface area contributed by atoms with Crippen LogP contribution in [0.1, 0.15) is 22.3 Å². The van der Waals surface area contributed by atoms with E-state index in [1.165, 1.54) is 22.3 Å². The molecule has 0 amide bonds. The van der Waals surface area contributed by atoms with Crippen molar-refractivity contribution in [1.29, 1.82) is 0 Å². The van der Waals surface area contributed by atoms with E-state index in [1.807, 2.05) is 0 Å². The summed E-state index contributed by atoms with van der Waals surface area (Å²) in [6.45, 7) is 2.08. The van der Waals surface area contributed by atoms with Gasteiger partial charge in [0.25, 0.3) is 0 Å². The first-order chi connectivity index (χ1) is 9.86. The summed E-state index contributed by atoms with van der Waals surface area (Å²) in [5.41, 5.74) is 5.72. The van der Waals surface area contributed by atoms with Crippen molar-refractivity contribution in [3.05, 3.63) is 64.7 Å². The number of benzene rings is 2. The molecule has 3 rings (SSSR count). The number of nitrogens with one attached hydrogen (secondary N) is 1. The van der Waals surface area contributed by atoms with Crippen molar-refractivity contribution in [2.45, 2.75) is 19.3 Å². The van der Waals surface area contributed by atoms with Gasteiger partial charge in [-0.2, -0.15) is 0 Å². The number of ether oxygens (including phenoxy) is 1. The van der Waals surface area contributed by atoms with Crippen LogP contribution in [0.3, 0.4) is 0 Å². The fraction of sp³-hybridized carbons (Fsp3) is 0.333. The lowest BCUT2D eigenvalue weighted by Crippen LogP contribution is -2.22. The van der Waals surface area contributed by atoms with E-state index < -0.39 is 0 Å². The fourth-order valence-electron chi connectivity index (χ4n) is 2.88. The summed E-state index contributed by atoms with van der Waals surface area (Å²) in [4.78, 5) is 0. The van der Waals surface area contributed by atoms with Gasteiger partial charge in [0.05, 0.1) is 7.11 Å². The molecule has 0 atom stereocenters. The van der Waals surface area contributed by atoms with Crippen LogP contribution in [0.15, 0.2) is 42.5 Å². The van der Waals surface area contributed by atoms with Gasteiger partial charge in [-0.25, -0.2) is 0 Å². The normalized spacial score (nSPS) is 15.1. The summed E-state index contributed by atoms with van der Waals surface area (Å²) >= 11 is 0. The van der Waals surface area contributed by atoms with Crippen LogP contribution in [0.5, 0.6) is 5.75 Å². The van der Waals surface area contributed by atoms with Gasteiger partial charge in [0.15, 0.2) is 0 Å². The molecule has 1 N–H and O–H groups in total. The Labute approximate surface area is 120 Å². The molecule has 1 aliphatic heterocycles. The third kappa shape index (κ3) is 2.86. The van der Waals surface area contributed by atoms with E-state index in [1.54, 1.807) is 7.11 Å². The first kappa shape index (κ1) is 13.2. The van der Waals surface area contributed by atoms with Crippen LogP contribution in [-0.2, 0) is 19.3 Å². The minimum atomic E-state index is 0.953.